The van der Waals surface area contributed by atoms with Crippen molar-refractivity contribution in [1.29, 1.82) is 0 Å². The number of nitrogens with zero attached hydrogens (tertiary/aromatic N) is 2. The maximum Gasteiger partial charge on any atom is 0.231 e. The molecule has 0 atom stereocenters. The van der Waals surface area contributed by atoms with Crippen LogP contribution < -0.4 is 9.47 Å². The van der Waals surface area contributed by atoms with E-state index in [-0.39, 0.29) is 6.79 Å². The van der Waals surface area contributed by atoms with Crippen molar-refractivity contribution in [2.75, 3.05) is 6.79 Å². The molecule has 0 bridgehead atoms. The molecule has 5 heteroatoms. The minimum atomic E-state index is 0.273. The van der Waals surface area contributed by atoms with Crippen molar-refractivity contribution < 1.29 is 9.47 Å². The molecule has 0 radical (unpaired) electrons. The highest BCUT2D eigenvalue weighted by Gasteiger charge is 2.17. The first-order valence-corrected chi connectivity index (χ1v) is 6.10. The lowest BCUT2D eigenvalue weighted by Crippen LogP contribution is -1.94. The van der Waals surface area contributed by atoms with Crippen LogP contribution in [0.2, 0.25) is 0 Å². The van der Waals surface area contributed by atoms with Gasteiger partial charge in [0, 0.05) is 11.8 Å². The van der Waals surface area contributed by atoms with E-state index in [1.807, 2.05) is 25.1 Å². The van der Waals surface area contributed by atoms with Gasteiger partial charge in [-0.2, -0.15) is 0 Å². The maximum atomic E-state index is 5.75. The van der Waals surface area contributed by atoms with Crippen LogP contribution in [-0.4, -0.2) is 16.8 Å². The molecule has 1 aromatic heterocycles. The normalized spacial score (nSPS) is 12.8. The zero-order chi connectivity index (χ0) is 12.5. The molecule has 4 nitrogen and oxygen atoms in total. The van der Waals surface area contributed by atoms with Gasteiger partial charge in [-0.15, -0.1) is 11.6 Å². The Balaban J connectivity index is 2.10. The Hall–Kier alpha value is -1.81. The van der Waals surface area contributed by atoms with Crippen LogP contribution in [0.4, 0.5) is 0 Å². The van der Waals surface area contributed by atoms with Gasteiger partial charge in [0.1, 0.15) is 5.82 Å². The molecule has 92 valence electrons. The summed E-state index contributed by atoms with van der Waals surface area (Å²) in [6, 6.07) is 5.76. The van der Waals surface area contributed by atoms with Crippen LogP contribution in [0.5, 0.6) is 11.5 Å². The third-order valence-corrected chi connectivity index (χ3v) is 3.06. The van der Waals surface area contributed by atoms with E-state index >= 15 is 0 Å². The van der Waals surface area contributed by atoms with Gasteiger partial charge in [-0.1, -0.05) is 0 Å². The molecule has 1 aromatic carbocycles. The zero-order valence-corrected chi connectivity index (χ0v) is 10.6. The molecule has 0 amide bonds. The van der Waals surface area contributed by atoms with Crippen LogP contribution in [0, 0.1) is 6.92 Å². The Kier molecular flexibility index (Phi) is 2.80. The van der Waals surface area contributed by atoms with Crippen LogP contribution in [0.3, 0.4) is 0 Å². The lowest BCUT2D eigenvalue weighted by molar-refractivity contribution is 0.174. The number of benzene rings is 1. The SMILES string of the molecule is Cc1cc2c(cc1-c1ccnc(CCl)n1)OCO2. The molecule has 0 aliphatic carbocycles. The van der Waals surface area contributed by atoms with E-state index in [9.17, 15) is 0 Å². The van der Waals surface area contributed by atoms with Crippen molar-refractivity contribution in [3.8, 4) is 22.8 Å². The van der Waals surface area contributed by atoms with Gasteiger partial charge in [-0.3, -0.25) is 0 Å². The zero-order valence-electron chi connectivity index (χ0n) is 9.81. The summed E-state index contributed by atoms with van der Waals surface area (Å²) < 4.78 is 10.7. The smallest absolute Gasteiger partial charge is 0.231 e. The lowest BCUT2D eigenvalue weighted by atomic mass is 10.0. The van der Waals surface area contributed by atoms with E-state index in [4.69, 9.17) is 21.1 Å². The van der Waals surface area contributed by atoms with Gasteiger partial charge in [0.2, 0.25) is 6.79 Å². The number of aryl methyl sites for hydroxylation is 1. The molecule has 0 saturated carbocycles. The summed E-state index contributed by atoms with van der Waals surface area (Å²) in [5.41, 5.74) is 2.93. The number of halogens is 1. The van der Waals surface area contributed by atoms with Crippen LogP contribution in [-0.2, 0) is 5.88 Å². The predicted octanol–water partition coefficient (Wildman–Crippen LogP) is 2.92. The summed E-state index contributed by atoms with van der Waals surface area (Å²) in [6.07, 6.45) is 1.71. The summed E-state index contributed by atoms with van der Waals surface area (Å²) in [5, 5.41) is 0. The molecule has 0 unspecified atom stereocenters. The number of hydrogen-bond acceptors (Lipinski definition) is 4. The second-order valence-corrected chi connectivity index (χ2v) is 4.28. The molecule has 0 N–H and O–H groups in total. The summed E-state index contributed by atoms with van der Waals surface area (Å²) in [5.74, 6) is 2.45. The fourth-order valence-corrected chi connectivity index (χ4v) is 2.06. The largest absolute Gasteiger partial charge is 0.454 e. The van der Waals surface area contributed by atoms with E-state index in [0.717, 1.165) is 28.3 Å². The first-order valence-electron chi connectivity index (χ1n) is 5.56. The average molecular weight is 263 g/mol. The van der Waals surface area contributed by atoms with Crippen LogP contribution in [0.15, 0.2) is 24.4 Å². The Morgan fingerprint density at radius 3 is 2.83 bits per heavy atom. The van der Waals surface area contributed by atoms with Crippen LogP contribution in [0.1, 0.15) is 11.4 Å². The summed E-state index contributed by atoms with van der Waals surface area (Å²) in [7, 11) is 0. The number of hydrogen-bond donors (Lipinski definition) is 0. The predicted molar refractivity (Wildman–Crippen MR) is 67.9 cm³/mol. The summed E-state index contributed by atoms with van der Waals surface area (Å²) >= 11 is 5.75. The van der Waals surface area contributed by atoms with E-state index in [1.165, 1.54) is 0 Å². The first kappa shape index (κ1) is 11.3. The second kappa shape index (κ2) is 4.46. The molecular formula is C13H11ClN2O2. The number of alkyl halides is 1. The van der Waals surface area contributed by atoms with Gasteiger partial charge in [-0.05, 0) is 30.7 Å². The summed E-state index contributed by atoms with van der Waals surface area (Å²) in [6.45, 7) is 2.29. The molecule has 1 aliphatic heterocycles. The first-order chi connectivity index (χ1) is 8.78. The number of rotatable bonds is 2. The van der Waals surface area contributed by atoms with Crippen LogP contribution >= 0.6 is 11.6 Å². The molecule has 1 aliphatic rings. The highest BCUT2D eigenvalue weighted by Crippen LogP contribution is 2.37. The molecular weight excluding hydrogens is 252 g/mol. The van der Waals surface area contributed by atoms with Gasteiger partial charge < -0.3 is 9.47 Å². The van der Waals surface area contributed by atoms with Gasteiger partial charge in [-0.25, -0.2) is 9.97 Å². The molecule has 2 heterocycles. The lowest BCUT2D eigenvalue weighted by Gasteiger charge is -2.07. The standard InChI is InChI=1S/C13H11ClN2O2/c1-8-4-11-12(18-7-17-11)5-9(8)10-2-3-15-13(6-14)16-10/h2-5H,6-7H2,1H3. The Morgan fingerprint density at radius 2 is 2.06 bits per heavy atom. The van der Waals surface area contributed by atoms with E-state index < -0.39 is 0 Å². The van der Waals surface area contributed by atoms with Crippen molar-refractivity contribution in [3.63, 3.8) is 0 Å². The minimum Gasteiger partial charge on any atom is -0.454 e. The second-order valence-electron chi connectivity index (χ2n) is 4.01. The average Bonchev–Trinajstić information content (AvgIpc) is 2.85. The number of aromatic nitrogens is 2. The number of ether oxygens (including phenoxy) is 2. The topological polar surface area (TPSA) is 44.2 Å². The van der Waals surface area contributed by atoms with Crippen molar-refractivity contribution in [2.45, 2.75) is 12.8 Å². The molecule has 0 saturated heterocycles. The van der Waals surface area contributed by atoms with Gasteiger partial charge >= 0.3 is 0 Å². The van der Waals surface area contributed by atoms with Crippen molar-refractivity contribution >= 4 is 11.6 Å². The fourth-order valence-electron chi connectivity index (χ4n) is 1.93. The van der Waals surface area contributed by atoms with Gasteiger partial charge in [0.15, 0.2) is 11.5 Å². The Labute approximate surface area is 110 Å². The molecule has 3 rings (SSSR count). The Morgan fingerprint density at radius 1 is 1.28 bits per heavy atom. The maximum absolute atomic E-state index is 5.75. The van der Waals surface area contributed by atoms with E-state index in [2.05, 4.69) is 9.97 Å². The van der Waals surface area contributed by atoms with Gasteiger partial charge in [0.05, 0.1) is 11.6 Å². The third-order valence-electron chi connectivity index (χ3n) is 2.82. The highest BCUT2D eigenvalue weighted by atomic mass is 35.5. The van der Waals surface area contributed by atoms with E-state index in [0.29, 0.717) is 11.7 Å². The van der Waals surface area contributed by atoms with Crippen molar-refractivity contribution in [1.82, 2.24) is 9.97 Å². The minimum absolute atomic E-state index is 0.273. The molecule has 0 spiro atoms. The fraction of sp³-hybridized carbons (Fsp3) is 0.231. The highest BCUT2D eigenvalue weighted by molar-refractivity contribution is 6.16. The Bertz CT molecular complexity index is 602. The van der Waals surface area contributed by atoms with Crippen molar-refractivity contribution in [2.24, 2.45) is 0 Å². The quantitative estimate of drug-likeness (QED) is 0.781. The molecule has 0 fully saturated rings. The van der Waals surface area contributed by atoms with E-state index in [1.54, 1.807) is 6.20 Å². The van der Waals surface area contributed by atoms with Gasteiger partial charge in [0.25, 0.3) is 0 Å². The third kappa shape index (κ3) is 1.88. The monoisotopic (exact) mass is 262 g/mol. The molecule has 18 heavy (non-hydrogen) atoms. The van der Waals surface area contributed by atoms with Crippen LogP contribution in [0.25, 0.3) is 11.3 Å². The molecule has 2 aromatic rings. The van der Waals surface area contributed by atoms with Crippen molar-refractivity contribution in [3.05, 3.63) is 35.8 Å². The number of fused-ring (bicyclic) bond motifs is 1. The summed E-state index contributed by atoms with van der Waals surface area (Å²) in [4.78, 5) is 8.49.